The predicted octanol–water partition coefficient (Wildman–Crippen LogP) is 1.38. The van der Waals surface area contributed by atoms with Crippen molar-refractivity contribution < 1.29 is 5.11 Å². The lowest BCUT2D eigenvalue weighted by Gasteiger charge is -2.32. The highest BCUT2D eigenvalue weighted by Crippen LogP contribution is 2.24. The Balaban J connectivity index is 1.61. The van der Waals surface area contributed by atoms with Gasteiger partial charge >= 0.3 is 0 Å². The maximum Gasteiger partial charge on any atom is 0.131 e. The fraction of sp³-hybridized carbons (Fsp3) is 0.667. The van der Waals surface area contributed by atoms with Crippen molar-refractivity contribution >= 4 is 11.6 Å². The van der Waals surface area contributed by atoms with E-state index >= 15 is 0 Å². The van der Waals surface area contributed by atoms with Gasteiger partial charge < -0.3 is 5.11 Å². The van der Waals surface area contributed by atoms with Gasteiger partial charge in [-0.3, -0.25) is 14.3 Å². The number of halogens is 1. The predicted molar refractivity (Wildman–Crippen MR) is 86.9 cm³/mol. The van der Waals surface area contributed by atoms with Crippen molar-refractivity contribution in [3.63, 3.8) is 0 Å². The van der Waals surface area contributed by atoms with Crippen molar-refractivity contribution in [2.75, 3.05) is 13.1 Å². The quantitative estimate of drug-likeness (QED) is 0.891. The number of likely N-dealkylation sites (tertiary alicyclic amines) is 1. The Morgan fingerprint density at radius 3 is 2.91 bits per heavy atom. The fourth-order valence-corrected chi connectivity index (χ4v) is 3.52. The molecular weight excluding hydrogens is 316 g/mol. The maximum absolute atomic E-state index is 9.07. The Morgan fingerprint density at radius 2 is 2.26 bits per heavy atom. The first-order valence-corrected chi connectivity index (χ1v) is 8.34. The van der Waals surface area contributed by atoms with E-state index in [0.29, 0.717) is 11.6 Å². The molecule has 1 atom stereocenters. The number of aliphatic hydroxyl groups is 1. The van der Waals surface area contributed by atoms with Crippen LogP contribution in [0.3, 0.4) is 0 Å². The molecule has 0 saturated carbocycles. The van der Waals surface area contributed by atoms with Gasteiger partial charge in [-0.05, 0) is 32.2 Å². The van der Waals surface area contributed by atoms with E-state index in [1.165, 1.54) is 12.8 Å². The standard InChI is InChI=1S/C15H23ClN6O/c1-11-14(15(16)20(2)18-11)9-21-5-3-4-12(6-21)7-22-8-13(10-23)17-19-22/h8,12,23H,3-7,9-10H2,1-2H3/t12-/m1/s1. The van der Waals surface area contributed by atoms with Crippen molar-refractivity contribution in [3.8, 4) is 0 Å². The van der Waals surface area contributed by atoms with Crippen LogP contribution in [-0.2, 0) is 26.7 Å². The lowest BCUT2D eigenvalue weighted by molar-refractivity contribution is 0.152. The third-order valence-electron chi connectivity index (χ3n) is 4.45. The van der Waals surface area contributed by atoms with Crippen molar-refractivity contribution in [3.05, 3.63) is 28.3 Å². The SMILES string of the molecule is Cc1nn(C)c(Cl)c1CN1CCC[C@@H](Cn2cc(CO)nn2)C1. The summed E-state index contributed by atoms with van der Waals surface area (Å²) in [6, 6.07) is 0. The molecule has 1 saturated heterocycles. The first-order valence-electron chi connectivity index (χ1n) is 7.97. The van der Waals surface area contributed by atoms with E-state index in [9.17, 15) is 0 Å². The zero-order chi connectivity index (χ0) is 16.4. The average molecular weight is 339 g/mol. The van der Waals surface area contributed by atoms with Gasteiger partial charge in [0.05, 0.1) is 18.5 Å². The van der Waals surface area contributed by atoms with Gasteiger partial charge in [-0.25, -0.2) is 0 Å². The van der Waals surface area contributed by atoms with Crippen LogP contribution < -0.4 is 0 Å². The minimum Gasteiger partial charge on any atom is -0.390 e. The normalized spacial score (nSPS) is 19.4. The number of aromatic nitrogens is 5. The summed E-state index contributed by atoms with van der Waals surface area (Å²) < 4.78 is 3.57. The molecule has 23 heavy (non-hydrogen) atoms. The van der Waals surface area contributed by atoms with E-state index < -0.39 is 0 Å². The Kier molecular flexibility index (Phi) is 4.99. The lowest BCUT2D eigenvalue weighted by Crippen LogP contribution is -2.36. The number of aliphatic hydroxyl groups excluding tert-OH is 1. The number of aryl methyl sites for hydroxylation is 2. The van der Waals surface area contributed by atoms with Crippen molar-refractivity contribution in [1.29, 1.82) is 0 Å². The summed E-state index contributed by atoms with van der Waals surface area (Å²) in [5.41, 5.74) is 2.75. The van der Waals surface area contributed by atoms with E-state index in [2.05, 4.69) is 20.3 Å². The minimum atomic E-state index is -0.0599. The van der Waals surface area contributed by atoms with Gasteiger partial charge in [-0.2, -0.15) is 5.10 Å². The number of hydrogen-bond acceptors (Lipinski definition) is 5. The molecule has 0 radical (unpaired) electrons. The topological polar surface area (TPSA) is 72.0 Å². The van der Waals surface area contributed by atoms with Crippen molar-refractivity contribution in [2.24, 2.45) is 13.0 Å². The smallest absolute Gasteiger partial charge is 0.131 e. The highest BCUT2D eigenvalue weighted by molar-refractivity contribution is 6.30. The molecule has 0 spiro atoms. The summed E-state index contributed by atoms with van der Waals surface area (Å²) in [5.74, 6) is 0.535. The molecule has 8 heteroatoms. The van der Waals surface area contributed by atoms with Gasteiger partial charge in [0.1, 0.15) is 10.8 Å². The molecular formula is C15H23ClN6O. The molecule has 0 aliphatic carbocycles. The molecule has 126 valence electrons. The zero-order valence-electron chi connectivity index (χ0n) is 13.6. The Morgan fingerprint density at radius 1 is 1.43 bits per heavy atom. The Bertz CT molecular complexity index is 667. The summed E-state index contributed by atoms with van der Waals surface area (Å²) in [5, 5.41) is 22.2. The minimum absolute atomic E-state index is 0.0599. The van der Waals surface area contributed by atoms with Crippen LogP contribution in [0.25, 0.3) is 0 Å². The second kappa shape index (κ2) is 6.98. The van der Waals surface area contributed by atoms with Gasteiger partial charge in [-0.15, -0.1) is 5.10 Å². The Hall–Kier alpha value is -1.44. The third kappa shape index (κ3) is 3.73. The number of piperidine rings is 1. The monoisotopic (exact) mass is 338 g/mol. The van der Waals surface area contributed by atoms with E-state index in [1.54, 1.807) is 4.68 Å². The molecule has 2 aromatic heterocycles. The van der Waals surface area contributed by atoms with Gasteiger partial charge in [0, 0.05) is 32.2 Å². The molecule has 1 fully saturated rings. The largest absolute Gasteiger partial charge is 0.390 e. The summed E-state index contributed by atoms with van der Waals surface area (Å²) in [7, 11) is 1.88. The molecule has 2 aromatic rings. The summed E-state index contributed by atoms with van der Waals surface area (Å²) in [6.45, 7) is 5.72. The molecule has 0 bridgehead atoms. The lowest BCUT2D eigenvalue weighted by atomic mass is 9.97. The highest BCUT2D eigenvalue weighted by Gasteiger charge is 2.23. The van der Waals surface area contributed by atoms with Crippen LogP contribution in [0.4, 0.5) is 0 Å². The van der Waals surface area contributed by atoms with E-state index in [0.717, 1.165) is 42.6 Å². The third-order valence-corrected chi connectivity index (χ3v) is 4.92. The van der Waals surface area contributed by atoms with Gasteiger partial charge in [0.15, 0.2) is 0 Å². The van der Waals surface area contributed by atoms with E-state index in [4.69, 9.17) is 16.7 Å². The van der Waals surface area contributed by atoms with Crippen LogP contribution in [-0.4, -0.2) is 47.9 Å². The maximum atomic E-state index is 9.07. The molecule has 1 N–H and O–H groups in total. The van der Waals surface area contributed by atoms with Crippen LogP contribution >= 0.6 is 11.6 Å². The molecule has 1 aliphatic heterocycles. The summed E-state index contributed by atoms with van der Waals surface area (Å²) in [4.78, 5) is 2.44. The fourth-order valence-electron chi connectivity index (χ4n) is 3.29. The van der Waals surface area contributed by atoms with E-state index in [-0.39, 0.29) is 6.61 Å². The van der Waals surface area contributed by atoms with Crippen LogP contribution in [0, 0.1) is 12.8 Å². The van der Waals surface area contributed by atoms with Gasteiger partial charge in [-0.1, -0.05) is 16.8 Å². The summed E-state index contributed by atoms with van der Waals surface area (Å²) in [6.07, 6.45) is 4.18. The van der Waals surface area contributed by atoms with Crippen molar-refractivity contribution in [1.82, 2.24) is 29.7 Å². The molecule has 3 rings (SSSR count). The zero-order valence-corrected chi connectivity index (χ0v) is 14.4. The second-order valence-corrected chi connectivity index (χ2v) is 6.67. The first kappa shape index (κ1) is 16.4. The van der Waals surface area contributed by atoms with Crippen LogP contribution in [0.5, 0.6) is 0 Å². The second-order valence-electron chi connectivity index (χ2n) is 6.31. The average Bonchev–Trinajstić information content (AvgIpc) is 3.08. The van der Waals surface area contributed by atoms with Crippen LogP contribution in [0.15, 0.2) is 6.20 Å². The van der Waals surface area contributed by atoms with Crippen LogP contribution in [0.2, 0.25) is 5.15 Å². The first-order chi connectivity index (χ1) is 11.1. The van der Waals surface area contributed by atoms with Crippen molar-refractivity contribution in [2.45, 2.75) is 39.5 Å². The summed E-state index contributed by atoms with van der Waals surface area (Å²) >= 11 is 6.35. The molecule has 0 aromatic carbocycles. The van der Waals surface area contributed by atoms with E-state index in [1.807, 2.05) is 24.9 Å². The molecule has 1 aliphatic rings. The molecule has 7 nitrogen and oxygen atoms in total. The number of hydrogen-bond donors (Lipinski definition) is 1. The highest BCUT2D eigenvalue weighted by atomic mass is 35.5. The molecule has 3 heterocycles. The Labute approximate surface area is 140 Å². The van der Waals surface area contributed by atoms with Crippen LogP contribution in [0.1, 0.15) is 29.8 Å². The number of nitrogens with zero attached hydrogens (tertiary/aromatic N) is 6. The van der Waals surface area contributed by atoms with Gasteiger partial charge in [0.25, 0.3) is 0 Å². The molecule has 0 unspecified atom stereocenters. The van der Waals surface area contributed by atoms with Gasteiger partial charge in [0.2, 0.25) is 0 Å². The number of rotatable bonds is 5. The molecule has 0 amide bonds.